The molecule has 1 saturated heterocycles. The van der Waals surface area contributed by atoms with Gasteiger partial charge in [0.25, 0.3) is 0 Å². The molecule has 1 aliphatic rings. The second-order valence-corrected chi connectivity index (χ2v) is 5.24. The van der Waals surface area contributed by atoms with Crippen molar-refractivity contribution in [3.8, 4) is 0 Å². The van der Waals surface area contributed by atoms with Crippen LogP contribution >= 0.6 is 0 Å². The molecule has 3 nitrogen and oxygen atoms in total. The molecule has 0 unspecified atom stereocenters. The molecule has 1 N–H and O–H groups in total. The minimum atomic E-state index is -0.550. The fourth-order valence-electron chi connectivity index (χ4n) is 2.66. The monoisotopic (exact) mass is 289 g/mol. The third kappa shape index (κ3) is 3.29. The molecule has 5 heteroatoms. The van der Waals surface area contributed by atoms with Gasteiger partial charge in [0.2, 0.25) is 0 Å². The van der Waals surface area contributed by atoms with E-state index < -0.39 is 11.6 Å². The first-order chi connectivity index (χ1) is 10.2. The molecule has 0 saturated carbocycles. The highest BCUT2D eigenvalue weighted by Crippen LogP contribution is 2.23. The molecule has 1 fully saturated rings. The summed E-state index contributed by atoms with van der Waals surface area (Å²) in [6.45, 7) is 1.81. The molecule has 0 spiro atoms. The normalized spacial score (nSPS) is 16.0. The van der Waals surface area contributed by atoms with Gasteiger partial charge in [-0.05, 0) is 37.1 Å². The Bertz CT molecular complexity index is 596. The highest BCUT2D eigenvalue weighted by molar-refractivity contribution is 5.47. The summed E-state index contributed by atoms with van der Waals surface area (Å²) in [5, 5.41) is 3.17. The van der Waals surface area contributed by atoms with Gasteiger partial charge in [-0.15, -0.1) is 0 Å². The molecule has 3 rings (SSSR count). The zero-order valence-corrected chi connectivity index (χ0v) is 11.6. The molecule has 1 aromatic heterocycles. The van der Waals surface area contributed by atoms with Crippen molar-refractivity contribution in [2.45, 2.75) is 18.9 Å². The van der Waals surface area contributed by atoms with E-state index >= 15 is 0 Å². The largest absolute Gasteiger partial charge is 0.380 e. The number of anilines is 2. The molecule has 0 bridgehead atoms. The summed E-state index contributed by atoms with van der Waals surface area (Å²) >= 11 is 0. The van der Waals surface area contributed by atoms with Crippen molar-refractivity contribution in [1.82, 2.24) is 4.98 Å². The third-order valence-electron chi connectivity index (χ3n) is 3.81. The lowest BCUT2D eigenvalue weighted by atomic mass is 10.0. The van der Waals surface area contributed by atoms with Gasteiger partial charge in [-0.25, -0.2) is 8.78 Å². The minimum absolute atomic E-state index is 0.211. The zero-order chi connectivity index (χ0) is 14.7. The number of piperidine rings is 1. The molecule has 0 aliphatic carbocycles. The van der Waals surface area contributed by atoms with E-state index in [0.717, 1.165) is 37.7 Å². The number of rotatable bonds is 3. The van der Waals surface area contributed by atoms with E-state index in [1.165, 1.54) is 12.1 Å². The van der Waals surface area contributed by atoms with Crippen LogP contribution < -0.4 is 10.2 Å². The van der Waals surface area contributed by atoms with Gasteiger partial charge in [-0.3, -0.25) is 4.98 Å². The van der Waals surface area contributed by atoms with E-state index in [9.17, 15) is 8.78 Å². The van der Waals surface area contributed by atoms with Crippen LogP contribution in [0.2, 0.25) is 0 Å². The first-order valence-electron chi connectivity index (χ1n) is 7.09. The van der Waals surface area contributed by atoms with Crippen LogP contribution in [0.3, 0.4) is 0 Å². The summed E-state index contributed by atoms with van der Waals surface area (Å²) in [5.41, 5.74) is 1.54. The quantitative estimate of drug-likeness (QED) is 0.938. The van der Waals surface area contributed by atoms with Crippen LogP contribution in [-0.2, 0) is 0 Å². The van der Waals surface area contributed by atoms with E-state index in [2.05, 4.69) is 15.2 Å². The molecule has 2 aromatic rings. The van der Waals surface area contributed by atoms with Crippen LogP contribution in [0.4, 0.5) is 20.2 Å². The summed E-state index contributed by atoms with van der Waals surface area (Å²) < 4.78 is 26.5. The number of hydrogen-bond acceptors (Lipinski definition) is 3. The van der Waals surface area contributed by atoms with Gasteiger partial charge in [0.05, 0.1) is 5.69 Å². The maximum Gasteiger partial charge on any atom is 0.149 e. The fraction of sp³-hybridized carbons (Fsp3) is 0.312. The number of hydrogen-bond donors (Lipinski definition) is 1. The van der Waals surface area contributed by atoms with Crippen LogP contribution in [0.5, 0.6) is 0 Å². The van der Waals surface area contributed by atoms with Crippen molar-refractivity contribution in [2.75, 3.05) is 23.3 Å². The van der Waals surface area contributed by atoms with Crippen LogP contribution in [0.1, 0.15) is 12.8 Å². The number of nitrogens with one attached hydrogen (secondary N) is 1. The molecule has 0 amide bonds. The van der Waals surface area contributed by atoms with E-state index in [0.29, 0.717) is 5.69 Å². The van der Waals surface area contributed by atoms with E-state index in [-0.39, 0.29) is 6.04 Å². The smallest absolute Gasteiger partial charge is 0.149 e. The molecule has 1 aliphatic heterocycles. The Balaban J connectivity index is 1.59. The van der Waals surface area contributed by atoms with Crippen molar-refractivity contribution in [2.24, 2.45) is 0 Å². The lowest BCUT2D eigenvalue weighted by molar-refractivity contribution is 0.520. The van der Waals surface area contributed by atoms with Gasteiger partial charge >= 0.3 is 0 Å². The Labute approximate surface area is 122 Å². The maximum absolute atomic E-state index is 13.6. The number of halogens is 2. The van der Waals surface area contributed by atoms with E-state index in [1.54, 1.807) is 12.4 Å². The predicted octanol–water partition coefficient (Wildman–Crippen LogP) is 3.44. The number of benzene rings is 1. The Hall–Kier alpha value is -2.17. The molecular weight excluding hydrogens is 272 g/mol. The number of nitrogens with zero attached hydrogens (tertiary/aromatic N) is 2. The topological polar surface area (TPSA) is 28.2 Å². The molecule has 0 radical (unpaired) electrons. The standard InChI is InChI=1S/C16H17F2N3/c17-12-1-2-16(15(18)11-12)20-13-5-9-21(10-6-13)14-3-7-19-8-4-14/h1-4,7-8,11,13,20H,5-6,9-10H2. The summed E-state index contributed by atoms with van der Waals surface area (Å²) in [6.07, 6.45) is 5.40. The lowest BCUT2D eigenvalue weighted by Crippen LogP contribution is -2.39. The van der Waals surface area contributed by atoms with Crippen LogP contribution in [0, 0.1) is 11.6 Å². The molecular formula is C16H17F2N3. The van der Waals surface area contributed by atoms with Gasteiger partial charge in [0.1, 0.15) is 11.6 Å². The molecule has 2 heterocycles. The average Bonchev–Trinajstić information content (AvgIpc) is 2.52. The summed E-state index contributed by atoms with van der Waals surface area (Å²) in [6, 6.07) is 7.84. The lowest BCUT2D eigenvalue weighted by Gasteiger charge is -2.34. The van der Waals surface area contributed by atoms with Crippen LogP contribution in [0.15, 0.2) is 42.7 Å². The summed E-state index contributed by atoms with van der Waals surface area (Å²) in [5.74, 6) is -1.09. The first kappa shape index (κ1) is 13.8. The SMILES string of the molecule is Fc1ccc(NC2CCN(c3ccncc3)CC2)c(F)c1. The summed E-state index contributed by atoms with van der Waals surface area (Å²) in [7, 11) is 0. The Kier molecular flexibility index (Phi) is 3.99. The van der Waals surface area contributed by atoms with Crippen LogP contribution in [-0.4, -0.2) is 24.1 Å². The first-order valence-corrected chi connectivity index (χ1v) is 7.09. The van der Waals surface area contributed by atoms with Crippen molar-refractivity contribution >= 4 is 11.4 Å². The van der Waals surface area contributed by atoms with Crippen molar-refractivity contribution in [3.05, 3.63) is 54.4 Å². The highest BCUT2D eigenvalue weighted by atomic mass is 19.1. The van der Waals surface area contributed by atoms with Gasteiger partial charge in [0, 0.05) is 43.3 Å². The Morgan fingerprint density at radius 1 is 1.05 bits per heavy atom. The van der Waals surface area contributed by atoms with Gasteiger partial charge < -0.3 is 10.2 Å². The van der Waals surface area contributed by atoms with E-state index in [1.807, 2.05) is 12.1 Å². The van der Waals surface area contributed by atoms with Gasteiger partial charge in [0.15, 0.2) is 0 Å². The highest BCUT2D eigenvalue weighted by Gasteiger charge is 2.20. The van der Waals surface area contributed by atoms with Gasteiger partial charge in [-0.1, -0.05) is 0 Å². The predicted molar refractivity (Wildman–Crippen MR) is 79.5 cm³/mol. The zero-order valence-electron chi connectivity index (χ0n) is 11.6. The fourth-order valence-corrected chi connectivity index (χ4v) is 2.66. The van der Waals surface area contributed by atoms with E-state index in [4.69, 9.17) is 0 Å². The third-order valence-corrected chi connectivity index (χ3v) is 3.81. The van der Waals surface area contributed by atoms with Crippen molar-refractivity contribution in [1.29, 1.82) is 0 Å². The molecule has 110 valence electrons. The number of aromatic nitrogens is 1. The average molecular weight is 289 g/mol. The molecule has 1 aromatic carbocycles. The second kappa shape index (κ2) is 6.08. The Morgan fingerprint density at radius 2 is 1.76 bits per heavy atom. The summed E-state index contributed by atoms with van der Waals surface area (Å²) in [4.78, 5) is 6.31. The van der Waals surface area contributed by atoms with Crippen molar-refractivity contribution in [3.63, 3.8) is 0 Å². The maximum atomic E-state index is 13.6. The second-order valence-electron chi connectivity index (χ2n) is 5.24. The van der Waals surface area contributed by atoms with Crippen LogP contribution in [0.25, 0.3) is 0 Å². The van der Waals surface area contributed by atoms with Crippen molar-refractivity contribution < 1.29 is 8.78 Å². The molecule has 0 atom stereocenters. The Morgan fingerprint density at radius 3 is 2.43 bits per heavy atom. The molecule has 21 heavy (non-hydrogen) atoms. The number of pyridine rings is 1. The van der Waals surface area contributed by atoms with Gasteiger partial charge in [-0.2, -0.15) is 0 Å². The minimum Gasteiger partial charge on any atom is -0.380 e.